The Morgan fingerprint density at radius 2 is 2.50 bits per heavy atom. The van der Waals surface area contributed by atoms with E-state index in [9.17, 15) is 4.79 Å². The van der Waals surface area contributed by atoms with Gasteiger partial charge in [0, 0.05) is 19.4 Å². The molecule has 2 heterocycles. The summed E-state index contributed by atoms with van der Waals surface area (Å²) >= 11 is 0. The molecule has 4 heteroatoms. The highest BCUT2D eigenvalue weighted by Gasteiger charge is 2.19. The van der Waals surface area contributed by atoms with Crippen molar-refractivity contribution in [3.63, 3.8) is 0 Å². The number of hydrogen-bond donors (Lipinski definition) is 0. The number of carbonyl (C=O) groups excluding carboxylic acids is 1. The van der Waals surface area contributed by atoms with Crippen LogP contribution >= 0.6 is 0 Å². The first-order chi connectivity index (χ1) is 6.79. The van der Waals surface area contributed by atoms with Crippen molar-refractivity contribution in [1.29, 1.82) is 0 Å². The first-order valence-corrected chi connectivity index (χ1v) is 4.64. The minimum Gasteiger partial charge on any atom is -0.490 e. The van der Waals surface area contributed by atoms with Gasteiger partial charge in [-0.05, 0) is 18.9 Å². The lowest BCUT2D eigenvalue weighted by atomic mass is 10.2. The predicted molar refractivity (Wildman–Crippen MR) is 50.8 cm³/mol. The molecular weight excluding hydrogens is 180 g/mol. The van der Waals surface area contributed by atoms with Gasteiger partial charge >= 0.3 is 0 Å². The average Bonchev–Trinajstić information content (AvgIpc) is 2.65. The van der Waals surface area contributed by atoms with Gasteiger partial charge in [0.2, 0.25) is 0 Å². The summed E-state index contributed by atoms with van der Waals surface area (Å²) in [6.45, 7) is 0.627. The lowest BCUT2D eigenvalue weighted by Crippen LogP contribution is -2.15. The minimum absolute atomic E-state index is 0.128. The molecule has 0 saturated heterocycles. The fourth-order valence-electron chi connectivity index (χ4n) is 1.41. The van der Waals surface area contributed by atoms with Gasteiger partial charge in [0.1, 0.15) is 0 Å². The van der Waals surface area contributed by atoms with E-state index in [0.717, 1.165) is 12.8 Å². The van der Waals surface area contributed by atoms with E-state index in [1.165, 1.54) is 0 Å². The van der Waals surface area contributed by atoms with Gasteiger partial charge in [-0.25, -0.2) is 4.98 Å². The molecule has 2 rings (SSSR count). The predicted octanol–water partition coefficient (Wildman–Crippen LogP) is 1.30. The van der Waals surface area contributed by atoms with E-state index in [0.29, 0.717) is 18.2 Å². The van der Waals surface area contributed by atoms with Gasteiger partial charge in [-0.15, -0.1) is 0 Å². The third kappa shape index (κ3) is 1.55. The zero-order valence-electron chi connectivity index (χ0n) is 8.06. The van der Waals surface area contributed by atoms with Crippen molar-refractivity contribution in [3.05, 3.63) is 30.1 Å². The number of imidazole rings is 1. The number of hydrogen-bond acceptors (Lipinski definition) is 3. The number of aryl methyl sites for hydroxylation is 1. The molecule has 0 amide bonds. The number of ether oxygens (including phenoxy) is 1. The van der Waals surface area contributed by atoms with E-state index in [2.05, 4.69) is 4.98 Å². The first-order valence-electron chi connectivity index (χ1n) is 4.64. The molecule has 0 fully saturated rings. The van der Waals surface area contributed by atoms with Crippen molar-refractivity contribution in [1.82, 2.24) is 9.55 Å². The molecule has 1 aromatic rings. The largest absolute Gasteiger partial charge is 0.490 e. The van der Waals surface area contributed by atoms with E-state index < -0.39 is 0 Å². The molecule has 0 N–H and O–H groups in total. The van der Waals surface area contributed by atoms with Gasteiger partial charge in [0.25, 0.3) is 5.78 Å². The summed E-state index contributed by atoms with van der Waals surface area (Å²) in [5.41, 5.74) is 0. The summed E-state index contributed by atoms with van der Waals surface area (Å²) in [7, 11) is 1.80. The van der Waals surface area contributed by atoms with E-state index in [4.69, 9.17) is 4.74 Å². The fraction of sp³-hybridized carbons (Fsp3) is 0.400. The van der Waals surface area contributed by atoms with Crippen LogP contribution < -0.4 is 0 Å². The normalized spacial score (nSPS) is 15.9. The Bertz CT molecular complexity index is 379. The SMILES string of the molecule is Cn1ccnc1C(=O)C1=CCCCO1. The maximum absolute atomic E-state index is 11.8. The Morgan fingerprint density at radius 1 is 1.64 bits per heavy atom. The molecule has 0 aromatic carbocycles. The van der Waals surface area contributed by atoms with Crippen LogP contribution in [0.3, 0.4) is 0 Å². The Morgan fingerprint density at radius 3 is 3.07 bits per heavy atom. The van der Waals surface area contributed by atoms with Crippen molar-refractivity contribution in [3.8, 4) is 0 Å². The Kier molecular flexibility index (Phi) is 2.35. The van der Waals surface area contributed by atoms with Crippen molar-refractivity contribution < 1.29 is 9.53 Å². The van der Waals surface area contributed by atoms with E-state index in [-0.39, 0.29) is 5.78 Å². The molecular formula is C10H12N2O2. The monoisotopic (exact) mass is 192 g/mol. The first kappa shape index (κ1) is 8.99. The van der Waals surface area contributed by atoms with Crippen LogP contribution in [-0.4, -0.2) is 21.9 Å². The third-order valence-corrected chi connectivity index (χ3v) is 2.18. The summed E-state index contributed by atoms with van der Waals surface area (Å²) in [6, 6.07) is 0. The van der Waals surface area contributed by atoms with E-state index >= 15 is 0 Å². The van der Waals surface area contributed by atoms with Crippen LogP contribution in [0, 0.1) is 0 Å². The molecule has 14 heavy (non-hydrogen) atoms. The molecule has 0 saturated carbocycles. The number of ketones is 1. The highest BCUT2D eigenvalue weighted by Crippen LogP contribution is 2.14. The highest BCUT2D eigenvalue weighted by molar-refractivity contribution is 6.04. The Balaban J connectivity index is 2.23. The van der Waals surface area contributed by atoms with Crippen molar-refractivity contribution in [2.24, 2.45) is 7.05 Å². The zero-order chi connectivity index (χ0) is 9.97. The lowest BCUT2D eigenvalue weighted by Gasteiger charge is -2.13. The van der Waals surface area contributed by atoms with Crippen LogP contribution in [0.15, 0.2) is 24.2 Å². The van der Waals surface area contributed by atoms with Gasteiger partial charge < -0.3 is 9.30 Å². The molecule has 1 aliphatic rings. The van der Waals surface area contributed by atoms with Gasteiger partial charge in [-0.1, -0.05) is 0 Å². The van der Waals surface area contributed by atoms with Gasteiger partial charge in [-0.3, -0.25) is 4.79 Å². The Labute approximate surface area is 82.2 Å². The topological polar surface area (TPSA) is 44.1 Å². The fourth-order valence-corrected chi connectivity index (χ4v) is 1.41. The van der Waals surface area contributed by atoms with Crippen LogP contribution in [0.5, 0.6) is 0 Å². The van der Waals surface area contributed by atoms with Crippen molar-refractivity contribution in [2.75, 3.05) is 6.61 Å². The summed E-state index contributed by atoms with van der Waals surface area (Å²) in [5, 5.41) is 0. The molecule has 74 valence electrons. The summed E-state index contributed by atoms with van der Waals surface area (Å²) in [6.07, 6.45) is 7.08. The van der Waals surface area contributed by atoms with Crippen LogP contribution in [-0.2, 0) is 11.8 Å². The lowest BCUT2D eigenvalue weighted by molar-refractivity contribution is 0.0886. The van der Waals surface area contributed by atoms with E-state index in [1.807, 2.05) is 6.08 Å². The molecule has 4 nitrogen and oxygen atoms in total. The smallest absolute Gasteiger partial charge is 0.262 e. The van der Waals surface area contributed by atoms with Crippen LogP contribution in [0.4, 0.5) is 0 Å². The third-order valence-electron chi connectivity index (χ3n) is 2.18. The molecule has 0 spiro atoms. The van der Waals surface area contributed by atoms with Crippen LogP contribution in [0.2, 0.25) is 0 Å². The van der Waals surface area contributed by atoms with Crippen LogP contribution in [0.25, 0.3) is 0 Å². The minimum atomic E-state index is -0.128. The van der Waals surface area contributed by atoms with Crippen molar-refractivity contribution in [2.45, 2.75) is 12.8 Å². The second-order valence-electron chi connectivity index (χ2n) is 3.25. The Hall–Kier alpha value is -1.58. The summed E-state index contributed by atoms with van der Waals surface area (Å²) in [5.74, 6) is 0.737. The van der Waals surface area contributed by atoms with Crippen LogP contribution in [0.1, 0.15) is 23.5 Å². The van der Waals surface area contributed by atoms with Gasteiger partial charge in [0.15, 0.2) is 11.6 Å². The number of aromatic nitrogens is 2. The molecule has 0 aliphatic carbocycles. The number of allylic oxidation sites excluding steroid dienone is 2. The average molecular weight is 192 g/mol. The van der Waals surface area contributed by atoms with E-state index in [1.54, 1.807) is 24.0 Å². The number of Topliss-reactive ketones (excluding diaryl/α,β-unsaturated/α-hetero) is 1. The molecule has 0 bridgehead atoms. The van der Waals surface area contributed by atoms with Gasteiger partial charge in [-0.2, -0.15) is 0 Å². The van der Waals surface area contributed by atoms with Gasteiger partial charge in [0.05, 0.1) is 6.61 Å². The second kappa shape index (κ2) is 3.65. The number of carbonyl (C=O) groups is 1. The molecule has 0 atom stereocenters. The second-order valence-corrected chi connectivity index (χ2v) is 3.25. The highest BCUT2D eigenvalue weighted by atomic mass is 16.5. The number of nitrogens with zero attached hydrogens (tertiary/aromatic N) is 2. The maximum atomic E-state index is 11.8. The quantitative estimate of drug-likeness (QED) is 0.663. The molecule has 0 radical (unpaired) electrons. The maximum Gasteiger partial charge on any atom is 0.262 e. The van der Waals surface area contributed by atoms with Crippen molar-refractivity contribution >= 4 is 5.78 Å². The molecule has 1 aliphatic heterocycles. The molecule has 1 aromatic heterocycles. The summed E-state index contributed by atoms with van der Waals surface area (Å²) < 4.78 is 6.97. The standard InChI is InChI=1S/C10H12N2O2/c1-12-6-5-11-10(12)9(13)8-4-2-3-7-14-8/h4-6H,2-3,7H2,1H3. The zero-order valence-corrected chi connectivity index (χ0v) is 8.06. The summed E-state index contributed by atoms with van der Waals surface area (Å²) in [4.78, 5) is 15.8. The molecule has 0 unspecified atom stereocenters. The number of rotatable bonds is 2.